The van der Waals surface area contributed by atoms with E-state index in [4.69, 9.17) is 4.74 Å². The molecule has 0 atom stereocenters. The van der Waals surface area contributed by atoms with Crippen LogP contribution in [0.4, 0.5) is 0 Å². The Morgan fingerprint density at radius 3 is 2.30 bits per heavy atom. The molecule has 0 N–H and O–H groups in total. The van der Waals surface area contributed by atoms with Crippen molar-refractivity contribution in [3.05, 3.63) is 69.7 Å². The van der Waals surface area contributed by atoms with Gasteiger partial charge in [0.15, 0.2) is 5.78 Å². The molecule has 2 aromatic carbocycles. The van der Waals surface area contributed by atoms with Crippen LogP contribution >= 0.6 is 15.9 Å². The minimum absolute atomic E-state index is 0.0208. The first-order valence-corrected chi connectivity index (χ1v) is 8.27. The molecule has 2 aromatic rings. The van der Waals surface area contributed by atoms with Crippen molar-refractivity contribution >= 4 is 27.8 Å². The summed E-state index contributed by atoms with van der Waals surface area (Å²) in [5.41, 5.74) is 2.85. The van der Waals surface area contributed by atoms with E-state index in [0.29, 0.717) is 5.56 Å². The molecular weight excluding hydrogens is 352 g/mol. The Kier molecular flexibility index (Phi) is 5.42. The largest absolute Gasteiger partial charge is 0.496 e. The zero-order valence-corrected chi connectivity index (χ0v) is 15.5. The first-order chi connectivity index (χ1) is 10.8. The highest BCUT2D eigenvalue weighted by molar-refractivity contribution is 9.10. The summed E-state index contributed by atoms with van der Waals surface area (Å²) in [5.74, 6) is 0.716. The monoisotopic (exact) mass is 372 g/mol. The van der Waals surface area contributed by atoms with Crippen LogP contribution in [0.15, 0.2) is 53.0 Å². The van der Waals surface area contributed by atoms with Crippen molar-refractivity contribution in [2.75, 3.05) is 7.11 Å². The molecule has 0 aliphatic heterocycles. The molecule has 2 nitrogen and oxygen atoms in total. The van der Waals surface area contributed by atoms with Gasteiger partial charge in [-0.15, -0.1) is 0 Å². The smallest absolute Gasteiger partial charge is 0.185 e. The van der Waals surface area contributed by atoms with Crippen molar-refractivity contribution in [1.29, 1.82) is 0 Å². The number of methoxy groups -OCH3 is 1. The number of hydrogen-bond acceptors (Lipinski definition) is 2. The van der Waals surface area contributed by atoms with E-state index < -0.39 is 0 Å². The maximum absolute atomic E-state index is 12.3. The standard InChI is InChI=1S/C20H21BrO2/c1-20(2,3)16-8-5-14(6-9-16)18(22)11-7-15-13-17(21)10-12-19(15)23-4/h5-13H,1-4H3/b11-7+. The third kappa shape index (κ3) is 4.55. The lowest BCUT2D eigenvalue weighted by atomic mass is 9.86. The predicted octanol–water partition coefficient (Wildman–Crippen LogP) is 5.65. The van der Waals surface area contributed by atoms with Crippen LogP contribution in [-0.2, 0) is 5.41 Å². The van der Waals surface area contributed by atoms with Gasteiger partial charge in [0.05, 0.1) is 7.11 Å². The van der Waals surface area contributed by atoms with Gasteiger partial charge in [-0.2, -0.15) is 0 Å². The van der Waals surface area contributed by atoms with E-state index in [1.807, 2.05) is 42.5 Å². The molecule has 0 aromatic heterocycles. The highest BCUT2D eigenvalue weighted by Gasteiger charge is 2.13. The second-order valence-electron chi connectivity index (χ2n) is 6.41. The molecular formula is C20H21BrO2. The predicted molar refractivity (Wildman–Crippen MR) is 99.2 cm³/mol. The molecule has 0 amide bonds. The summed E-state index contributed by atoms with van der Waals surface area (Å²) in [7, 11) is 1.62. The van der Waals surface area contributed by atoms with E-state index in [1.165, 1.54) is 5.56 Å². The molecule has 0 aliphatic carbocycles. The first kappa shape index (κ1) is 17.5. The SMILES string of the molecule is COc1ccc(Br)cc1/C=C/C(=O)c1ccc(C(C)(C)C)cc1. The van der Waals surface area contributed by atoms with Crippen LogP contribution in [0.25, 0.3) is 6.08 Å². The Hall–Kier alpha value is -1.87. The lowest BCUT2D eigenvalue weighted by molar-refractivity contribution is 0.104. The van der Waals surface area contributed by atoms with E-state index >= 15 is 0 Å². The maximum Gasteiger partial charge on any atom is 0.185 e. The number of carbonyl (C=O) groups excluding carboxylic acids is 1. The van der Waals surface area contributed by atoms with Crippen molar-refractivity contribution in [3.8, 4) is 5.75 Å². The zero-order chi connectivity index (χ0) is 17.0. The normalized spacial score (nSPS) is 11.7. The molecule has 0 radical (unpaired) electrons. The highest BCUT2D eigenvalue weighted by atomic mass is 79.9. The van der Waals surface area contributed by atoms with Crippen molar-refractivity contribution < 1.29 is 9.53 Å². The molecule has 0 aliphatic rings. The second kappa shape index (κ2) is 7.14. The number of ether oxygens (including phenoxy) is 1. The number of hydrogen-bond donors (Lipinski definition) is 0. The van der Waals surface area contributed by atoms with Crippen molar-refractivity contribution in [1.82, 2.24) is 0 Å². The summed E-state index contributed by atoms with van der Waals surface area (Å²) < 4.78 is 6.25. The van der Waals surface area contributed by atoms with E-state index in [1.54, 1.807) is 19.3 Å². The van der Waals surface area contributed by atoms with Crippen molar-refractivity contribution in [3.63, 3.8) is 0 Å². The van der Waals surface area contributed by atoms with Gasteiger partial charge in [0.1, 0.15) is 5.75 Å². The van der Waals surface area contributed by atoms with Crippen molar-refractivity contribution in [2.24, 2.45) is 0 Å². The van der Waals surface area contributed by atoms with Crippen LogP contribution < -0.4 is 4.74 Å². The third-order valence-electron chi connectivity index (χ3n) is 3.64. The Labute approximate surface area is 146 Å². The van der Waals surface area contributed by atoms with Crippen LogP contribution in [-0.4, -0.2) is 12.9 Å². The topological polar surface area (TPSA) is 26.3 Å². The number of halogens is 1. The average molecular weight is 373 g/mol. The summed E-state index contributed by atoms with van der Waals surface area (Å²) in [6.45, 7) is 6.47. The van der Waals surface area contributed by atoms with Crippen LogP contribution in [0.1, 0.15) is 42.3 Å². The Morgan fingerprint density at radius 1 is 1.09 bits per heavy atom. The Balaban J connectivity index is 2.20. The van der Waals surface area contributed by atoms with Gasteiger partial charge < -0.3 is 4.74 Å². The summed E-state index contributed by atoms with van der Waals surface area (Å²) in [5, 5.41) is 0. The van der Waals surface area contributed by atoms with Gasteiger partial charge in [0.2, 0.25) is 0 Å². The first-order valence-electron chi connectivity index (χ1n) is 7.48. The molecule has 23 heavy (non-hydrogen) atoms. The van der Waals surface area contributed by atoms with E-state index in [9.17, 15) is 4.79 Å². The van der Waals surface area contributed by atoms with Gasteiger partial charge in [0, 0.05) is 15.6 Å². The number of rotatable bonds is 4. The number of allylic oxidation sites excluding steroid dienone is 1. The molecule has 0 heterocycles. The zero-order valence-electron chi connectivity index (χ0n) is 13.9. The lowest BCUT2D eigenvalue weighted by Crippen LogP contribution is -2.11. The molecule has 0 saturated carbocycles. The minimum atomic E-state index is -0.0208. The number of ketones is 1. The lowest BCUT2D eigenvalue weighted by Gasteiger charge is -2.18. The Morgan fingerprint density at radius 2 is 1.74 bits per heavy atom. The quantitative estimate of drug-likeness (QED) is 0.511. The van der Waals surface area contributed by atoms with Crippen LogP contribution in [0.2, 0.25) is 0 Å². The van der Waals surface area contributed by atoms with E-state index in [-0.39, 0.29) is 11.2 Å². The number of carbonyl (C=O) groups is 1. The van der Waals surface area contributed by atoms with E-state index in [0.717, 1.165) is 15.8 Å². The molecule has 0 fully saturated rings. The minimum Gasteiger partial charge on any atom is -0.496 e. The van der Waals surface area contributed by atoms with Gasteiger partial charge in [-0.05, 0) is 41.3 Å². The van der Waals surface area contributed by atoms with Gasteiger partial charge in [-0.25, -0.2) is 0 Å². The molecule has 2 rings (SSSR count). The molecule has 120 valence electrons. The van der Waals surface area contributed by atoms with Gasteiger partial charge in [-0.3, -0.25) is 4.79 Å². The van der Waals surface area contributed by atoms with Crippen LogP contribution in [0.3, 0.4) is 0 Å². The molecule has 0 saturated heterocycles. The fraction of sp³-hybridized carbons (Fsp3) is 0.250. The van der Waals surface area contributed by atoms with Crippen LogP contribution in [0, 0.1) is 0 Å². The fourth-order valence-corrected chi connectivity index (χ4v) is 2.61. The summed E-state index contributed by atoms with van der Waals surface area (Å²) >= 11 is 3.43. The van der Waals surface area contributed by atoms with E-state index in [2.05, 4.69) is 36.7 Å². The Bertz CT molecular complexity index is 722. The summed E-state index contributed by atoms with van der Waals surface area (Å²) in [6.07, 6.45) is 3.36. The van der Waals surface area contributed by atoms with Gasteiger partial charge in [-0.1, -0.05) is 61.0 Å². The molecule has 0 bridgehead atoms. The molecule has 3 heteroatoms. The third-order valence-corrected chi connectivity index (χ3v) is 4.13. The van der Waals surface area contributed by atoms with Gasteiger partial charge in [0.25, 0.3) is 0 Å². The van der Waals surface area contributed by atoms with Gasteiger partial charge >= 0.3 is 0 Å². The maximum atomic E-state index is 12.3. The summed E-state index contributed by atoms with van der Waals surface area (Å²) in [4.78, 5) is 12.3. The number of benzene rings is 2. The molecule has 0 spiro atoms. The van der Waals surface area contributed by atoms with Crippen molar-refractivity contribution in [2.45, 2.75) is 26.2 Å². The fourth-order valence-electron chi connectivity index (χ4n) is 2.23. The second-order valence-corrected chi connectivity index (χ2v) is 7.33. The average Bonchev–Trinajstić information content (AvgIpc) is 2.52. The summed E-state index contributed by atoms with van der Waals surface area (Å²) in [6, 6.07) is 13.5. The highest BCUT2D eigenvalue weighted by Crippen LogP contribution is 2.25. The molecule has 0 unspecified atom stereocenters. The van der Waals surface area contributed by atoms with Crippen LogP contribution in [0.5, 0.6) is 5.75 Å².